The third-order valence-electron chi connectivity index (χ3n) is 5.36. The van der Waals surface area contributed by atoms with Crippen molar-refractivity contribution in [2.24, 2.45) is 0 Å². The summed E-state index contributed by atoms with van der Waals surface area (Å²) in [6, 6.07) is 0. The molecule has 0 unspecified atom stereocenters. The van der Waals surface area contributed by atoms with Gasteiger partial charge in [-0.1, -0.05) is 31.0 Å². The zero-order valence-electron chi connectivity index (χ0n) is 17.4. The van der Waals surface area contributed by atoms with Gasteiger partial charge in [0.2, 0.25) is 0 Å². The van der Waals surface area contributed by atoms with E-state index < -0.39 is 17.2 Å². The largest absolute Gasteiger partial charge is 0.443 e. The van der Waals surface area contributed by atoms with Crippen molar-refractivity contribution in [3.8, 4) is 0 Å². The zero-order chi connectivity index (χ0) is 21.2. The minimum Gasteiger partial charge on any atom is -0.443 e. The van der Waals surface area contributed by atoms with Gasteiger partial charge in [-0.3, -0.25) is 9.59 Å². The number of aldehydes is 1. The van der Waals surface area contributed by atoms with E-state index in [0.29, 0.717) is 16.5 Å². The molecule has 9 heteroatoms. The van der Waals surface area contributed by atoms with Crippen LogP contribution in [-0.2, 0) is 9.53 Å². The molecule has 3 rings (SSSR count). The fraction of sp³-hybridized carbons (Fsp3) is 0.650. The summed E-state index contributed by atoms with van der Waals surface area (Å²) in [5.41, 5.74) is -0.782. The average Bonchev–Trinajstić information content (AvgIpc) is 2.68. The Morgan fingerprint density at radius 2 is 1.97 bits per heavy atom. The molecule has 0 bridgehead atoms. The predicted molar refractivity (Wildman–Crippen MR) is 110 cm³/mol. The van der Waals surface area contributed by atoms with Crippen LogP contribution < -0.4 is 4.90 Å². The lowest BCUT2D eigenvalue weighted by molar-refractivity contribution is -0.132. The molecule has 0 atom stereocenters. The fourth-order valence-electron chi connectivity index (χ4n) is 4.04. The highest BCUT2D eigenvalue weighted by molar-refractivity contribution is 7.98. The van der Waals surface area contributed by atoms with Gasteiger partial charge in [0.05, 0.1) is 24.2 Å². The number of aromatic nitrogens is 2. The molecule has 1 saturated heterocycles. The van der Waals surface area contributed by atoms with Crippen molar-refractivity contribution in [1.29, 1.82) is 0 Å². The van der Waals surface area contributed by atoms with E-state index in [0.717, 1.165) is 38.4 Å². The molecule has 0 aromatic carbocycles. The summed E-state index contributed by atoms with van der Waals surface area (Å²) in [5, 5.41) is 0.540. The second kappa shape index (κ2) is 8.30. The van der Waals surface area contributed by atoms with Crippen LogP contribution in [0.15, 0.2) is 11.4 Å². The lowest BCUT2D eigenvalue weighted by Crippen LogP contribution is -2.67. The van der Waals surface area contributed by atoms with Gasteiger partial charge >= 0.3 is 6.09 Å². The molecule has 2 fully saturated rings. The van der Waals surface area contributed by atoms with Crippen LogP contribution in [-0.4, -0.2) is 63.6 Å². The van der Waals surface area contributed by atoms with Crippen molar-refractivity contribution >= 4 is 35.9 Å². The Kier molecular flexibility index (Phi) is 6.16. The van der Waals surface area contributed by atoms with E-state index in [1.165, 1.54) is 22.9 Å². The normalized spacial score (nSPS) is 19.4. The van der Waals surface area contributed by atoms with E-state index >= 15 is 0 Å². The third-order valence-corrected chi connectivity index (χ3v) is 5.92. The summed E-state index contributed by atoms with van der Waals surface area (Å²) >= 11 is 1.38. The molecule has 1 saturated carbocycles. The van der Waals surface area contributed by atoms with Crippen molar-refractivity contribution < 1.29 is 19.1 Å². The van der Waals surface area contributed by atoms with Crippen LogP contribution in [0.3, 0.4) is 0 Å². The summed E-state index contributed by atoms with van der Waals surface area (Å²) in [7, 11) is 0. The summed E-state index contributed by atoms with van der Waals surface area (Å²) in [5.74, 6) is 0.120. The molecule has 2 amide bonds. The topological polar surface area (TPSA) is 92.7 Å². The van der Waals surface area contributed by atoms with Crippen LogP contribution in [0.2, 0.25) is 0 Å². The smallest absolute Gasteiger partial charge is 0.417 e. The number of anilines is 1. The molecule has 0 radical (unpaired) electrons. The van der Waals surface area contributed by atoms with Gasteiger partial charge in [-0.2, -0.15) is 0 Å². The highest BCUT2D eigenvalue weighted by atomic mass is 32.2. The maximum Gasteiger partial charge on any atom is 0.417 e. The molecular formula is C20H28N4O4S. The number of nitrogens with zero attached hydrogens (tertiary/aromatic N) is 4. The maximum atomic E-state index is 12.9. The molecule has 2 aliphatic rings. The number of ether oxygens (including phenoxy) is 1. The van der Waals surface area contributed by atoms with Gasteiger partial charge in [0, 0.05) is 6.20 Å². The van der Waals surface area contributed by atoms with Gasteiger partial charge in [0.15, 0.2) is 11.4 Å². The van der Waals surface area contributed by atoms with Gasteiger partial charge in [-0.25, -0.2) is 19.7 Å². The van der Waals surface area contributed by atoms with Gasteiger partial charge in [-0.05, 0) is 39.9 Å². The van der Waals surface area contributed by atoms with E-state index in [4.69, 9.17) is 4.74 Å². The van der Waals surface area contributed by atoms with Gasteiger partial charge in [0.1, 0.15) is 11.4 Å². The lowest BCUT2D eigenvalue weighted by Gasteiger charge is -2.52. The number of hydrogen-bond acceptors (Lipinski definition) is 8. The predicted octanol–water partition coefficient (Wildman–Crippen LogP) is 3.30. The van der Waals surface area contributed by atoms with Crippen LogP contribution in [0, 0.1) is 0 Å². The van der Waals surface area contributed by atoms with Gasteiger partial charge in [-0.15, -0.1) is 0 Å². The monoisotopic (exact) mass is 420 g/mol. The molecule has 29 heavy (non-hydrogen) atoms. The minimum atomic E-state index is -0.682. The summed E-state index contributed by atoms with van der Waals surface area (Å²) in [4.78, 5) is 49.2. The highest BCUT2D eigenvalue weighted by Crippen LogP contribution is 2.40. The first-order valence-electron chi connectivity index (χ1n) is 9.86. The summed E-state index contributed by atoms with van der Waals surface area (Å²) < 4.78 is 5.47. The van der Waals surface area contributed by atoms with Crippen LogP contribution in [0.4, 0.5) is 10.6 Å². The Morgan fingerprint density at radius 1 is 1.28 bits per heavy atom. The molecule has 2 heterocycles. The van der Waals surface area contributed by atoms with Crippen LogP contribution >= 0.6 is 11.8 Å². The first-order chi connectivity index (χ1) is 13.7. The number of rotatable bonds is 3. The van der Waals surface area contributed by atoms with Crippen LogP contribution in [0.25, 0.3) is 0 Å². The Balaban J connectivity index is 2.00. The summed E-state index contributed by atoms with van der Waals surface area (Å²) in [6.45, 7) is 5.55. The first kappa shape index (κ1) is 21.5. The zero-order valence-corrected chi connectivity index (χ0v) is 18.3. The number of carbonyl (C=O) groups is 3. The van der Waals surface area contributed by atoms with Gasteiger partial charge < -0.3 is 9.64 Å². The van der Waals surface area contributed by atoms with E-state index in [2.05, 4.69) is 9.97 Å². The van der Waals surface area contributed by atoms with E-state index in [1.807, 2.05) is 11.2 Å². The Hall–Kier alpha value is -2.16. The van der Waals surface area contributed by atoms with E-state index in [-0.39, 0.29) is 19.0 Å². The molecule has 1 aromatic heterocycles. The molecule has 158 valence electrons. The second-order valence-electron chi connectivity index (χ2n) is 8.58. The van der Waals surface area contributed by atoms with E-state index in [1.54, 1.807) is 20.8 Å². The third kappa shape index (κ3) is 4.55. The molecular weight excluding hydrogens is 392 g/mol. The Labute approximate surface area is 175 Å². The van der Waals surface area contributed by atoms with Crippen LogP contribution in [0.5, 0.6) is 0 Å². The Morgan fingerprint density at radius 3 is 2.55 bits per heavy atom. The van der Waals surface area contributed by atoms with Crippen molar-refractivity contribution in [3.63, 3.8) is 0 Å². The fourth-order valence-corrected chi connectivity index (χ4v) is 4.38. The quantitative estimate of drug-likeness (QED) is 0.418. The molecule has 1 spiro atoms. The Bertz CT molecular complexity index is 802. The standard InChI is InChI=1S/C20H28N4O4S/c1-19(2,3)28-18(27)23-13-20(8-6-5-7-9-20)24(11-15(23)26)16-14(12-25)10-21-17(22-16)29-4/h10,12H,5-9,11,13H2,1-4H3. The number of piperazine rings is 1. The molecule has 1 aliphatic carbocycles. The van der Waals surface area contributed by atoms with Crippen molar-refractivity contribution in [3.05, 3.63) is 11.8 Å². The minimum absolute atomic E-state index is 0.0229. The number of hydrogen-bond donors (Lipinski definition) is 0. The van der Waals surface area contributed by atoms with Crippen molar-refractivity contribution in [2.45, 2.75) is 69.2 Å². The molecule has 0 N–H and O–H groups in total. The summed E-state index contributed by atoms with van der Waals surface area (Å²) in [6.07, 6.45) is 8.19. The molecule has 1 aromatic rings. The number of carbonyl (C=O) groups excluding carboxylic acids is 3. The SMILES string of the molecule is CSc1ncc(C=O)c(N2CC(=O)N(C(=O)OC(C)(C)C)CC23CCCCC3)n1. The first-order valence-corrected chi connectivity index (χ1v) is 11.1. The average molecular weight is 421 g/mol. The van der Waals surface area contributed by atoms with Gasteiger partial charge in [0.25, 0.3) is 5.91 Å². The van der Waals surface area contributed by atoms with Crippen molar-refractivity contribution in [2.75, 3.05) is 24.2 Å². The second-order valence-corrected chi connectivity index (χ2v) is 9.36. The number of thioether (sulfide) groups is 1. The van der Waals surface area contributed by atoms with E-state index in [9.17, 15) is 14.4 Å². The number of amides is 2. The van der Waals surface area contributed by atoms with Crippen LogP contribution in [0.1, 0.15) is 63.2 Å². The highest BCUT2D eigenvalue weighted by Gasteiger charge is 2.49. The van der Waals surface area contributed by atoms with Crippen molar-refractivity contribution in [1.82, 2.24) is 14.9 Å². The maximum absolute atomic E-state index is 12.9. The lowest BCUT2D eigenvalue weighted by atomic mass is 9.78. The number of imide groups is 1. The molecule has 1 aliphatic heterocycles. The molecule has 8 nitrogen and oxygen atoms in total.